The minimum absolute atomic E-state index is 0.0909. The third-order valence-electron chi connectivity index (χ3n) is 4.43. The molecule has 0 atom stereocenters. The van der Waals surface area contributed by atoms with Crippen LogP contribution >= 0.6 is 0 Å². The smallest absolute Gasteiger partial charge is 0.309 e. The minimum atomic E-state index is -1.20. The molecule has 0 bridgehead atoms. The van der Waals surface area contributed by atoms with Crippen molar-refractivity contribution in [2.45, 2.75) is 32.7 Å². The molecule has 0 saturated carbocycles. The van der Waals surface area contributed by atoms with Gasteiger partial charge in [-0.25, -0.2) is 13.2 Å². The molecule has 0 spiro atoms. The molecule has 1 aliphatic heterocycles. The van der Waals surface area contributed by atoms with Gasteiger partial charge in [-0.3, -0.25) is 9.69 Å². The van der Waals surface area contributed by atoms with Crippen LogP contribution < -0.4 is 0 Å². The Bertz CT molecular complexity index is 540. The Morgan fingerprint density at radius 3 is 2.29 bits per heavy atom. The molecular formula is C15H18F3NO2. The first-order valence-electron chi connectivity index (χ1n) is 6.97. The molecule has 0 unspecified atom stereocenters. The van der Waals surface area contributed by atoms with E-state index in [1.807, 2.05) is 11.8 Å². The van der Waals surface area contributed by atoms with Gasteiger partial charge in [-0.05, 0) is 38.4 Å². The Morgan fingerprint density at radius 1 is 1.19 bits per heavy atom. The molecule has 1 N–H and O–H groups in total. The number of likely N-dealkylation sites (tertiary alicyclic amines) is 1. The van der Waals surface area contributed by atoms with Crippen molar-refractivity contribution in [3.05, 3.63) is 35.1 Å². The quantitative estimate of drug-likeness (QED) is 0.868. The summed E-state index contributed by atoms with van der Waals surface area (Å²) in [6.45, 7) is 3.00. The standard InChI is InChI=1S/C15H18F3NO2/c1-2-15(14(20)21)3-5-19(6-4-15)9-10-7-12(17)13(18)8-11(10)16/h7-8H,2-6,9H2,1H3,(H,20,21). The number of hydrogen-bond donors (Lipinski definition) is 1. The lowest BCUT2D eigenvalue weighted by Gasteiger charge is -2.38. The van der Waals surface area contributed by atoms with E-state index in [0.29, 0.717) is 38.4 Å². The van der Waals surface area contributed by atoms with E-state index in [0.717, 1.165) is 6.07 Å². The summed E-state index contributed by atoms with van der Waals surface area (Å²) in [5.74, 6) is -3.86. The highest BCUT2D eigenvalue weighted by Gasteiger charge is 2.39. The van der Waals surface area contributed by atoms with Crippen LogP contribution in [0.15, 0.2) is 12.1 Å². The van der Waals surface area contributed by atoms with E-state index in [-0.39, 0.29) is 12.1 Å². The highest BCUT2D eigenvalue weighted by atomic mass is 19.2. The summed E-state index contributed by atoms with van der Waals surface area (Å²) < 4.78 is 39.6. The van der Waals surface area contributed by atoms with Gasteiger partial charge in [0.25, 0.3) is 0 Å². The van der Waals surface area contributed by atoms with Gasteiger partial charge >= 0.3 is 5.97 Å². The number of carbonyl (C=O) groups is 1. The van der Waals surface area contributed by atoms with Gasteiger partial charge in [0.15, 0.2) is 11.6 Å². The van der Waals surface area contributed by atoms with Crippen molar-refractivity contribution in [1.29, 1.82) is 0 Å². The molecule has 3 nitrogen and oxygen atoms in total. The largest absolute Gasteiger partial charge is 0.481 e. The van der Waals surface area contributed by atoms with E-state index >= 15 is 0 Å². The number of nitrogens with zero attached hydrogens (tertiary/aromatic N) is 1. The van der Waals surface area contributed by atoms with Gasteiger partial charge < -0.3 is 5.11 Å². The topological polar surface area (TPSA) is 40.5 Å². The van der Waals surface area contributed by atoms with E-state index in [4.69, 9.17) is 0 Å². The van der Waals surface area contributed by atoms with Gasteiger partial charge in [-0.1, -0.05) is 6.92 Å². The van der Waals surface area contributed by atoms with Crippen LogP contribution in [0.25, 0.3) is 0 Å². The van der Waals surface area contributed by atoms with Crippen molar-refractivity contribution in [2.75, 3.05) is 13.1 Å². The van der Waals surface area contributed by atoms with E-state index in [2.05, 4.69) is 0 Å². The maximum absolute atomic E-state index is 13.6. The van der Waals surface area contributed by atoms with E-state index in [9.17, 15) is 23.1 Å². The number of piperidine rings is 1. The fourth-order valence-electron chi connectivity index (χ4n) is 2.78. The molecule has 0 amide bonds. The number of hydrogen-bond acceptors (Lipinski definition) is 2. The third-order valence-corrected chi connectivity index (χ3v) is 4.43. The van der Waals surface area contributed by atoms with Crippen LogP contribution in [0, 0.1) is 22.9 Å². The summed E-state index contributed by atoms with van der Waals surface area (Å²) in [6, 6.07) is 1.41. The molecule has 2 rings (SSSR count). The molecule has 0 aliphatic carbocycles. The van der Waals surface area contributed by atoms with Crippen LogP contribution in [-0.4, -0.2) is 29.1 Å². The first-order valence-corrected chi connectivity index (χ1v) is 6.97. The second kappa shape index (κ2) is 6.05. The molecular weight excluding hydrogens is 283 g/mol. The van der Waals surface area contributed by atoms with Crippen molar-refractivity contribution in [3.8, 4) is 0 Å². The number of rotatable bonds is 4. The Kier molecular flexibility index (Phi) is 4.56. The van der Waals surface area contributed by atoms with Gasteiger partial charge in [0.1, 0.15) is 5.82 Å². The molecule has 116 valence electrons. The van der Waals surface area contributed by atoms with Crippen molar-refractivity contribution in [2.24, 2.45) is 5.41 Å². The number of carboxylic acids is 1. The van der Waals surface area contributed by atoms with Gasteiger partial charge in [0.05, 0.1) is 5.41 Å². The van der Waals surface area contributed by atoms with Crippen LogP contribution in [0.2, 0.25) is 0 Å². The molecule has 1 heterocycles. The predicted molar refractivity (Wildman–Crippen MR) is 71.2 cm³/mol. The van der Waals surface area contributed by atoms with Crippen molar-refractivity contribution in [1.82, 2.24) is 4.90 Å². The van der Waals surface area contributed by atoms with Crippen LogP contribution in [0.5, 0.6) is 0 Å². The SMILES string of the molecule is CCC1(C(=O)O)CCN(Cc2cc(F)c(F)cc2F)CC1. The van der Waals surface area contributed by atoms with Gasteiger partial charge in [-0.2, -0.15) is 0 Å². The molecule has 21 heavy (non-hydrogen) atoms. The van der Waals surface area contributed by atoms with E-state index < -0.39 is 28.8 Å². The van der Waals surface area contributed by atoms with Gasteiger partial charge in [0.2, 0.25) is 0 Å². The molecule has 1 aromatic carbocycles. The maximum Gasteiger partial charge on any atom is 0.309 e. The van der Waals surface area contributed by atoms with Gasteiger partial charge in [0, 0.05) is 18.2 Å². The highest BCUT2D eigenvalue weighted by molar-refractivity contribution is 5.74. The maximum atomic E-state index is 13.6. The number of carboxylic acid groups (broad SMARTS) is 1. The summed E-state index contributed by atoms with van der Waals surface area (Å²) in [7, 11) is 0. The van der Waals surface area contributed by atoms with Crippen LogP contribution in [0.3, 0.4) is 0 Å². The number of halogens is 3. The second-order valence-electron chi connectivity index (χ2n) is 5.57. The van der Waals surface area contributed by atoms with Crippen LogP contribution in [-0.2, 0) is 11.3 Å². The first kappa shape index (κ1) is 15.8. The second-order valence-corrected chi connectivity index (χ2v) is 5.57. The molecule has 1 fully saturated rings. The van der Waals surface area contributed by atoms with Crippen molar-refractivity contribution >= 4 is 5.97 Å². The average molecular weight is 301 g/mol. The van der Waals surface area contributed by atoms with Crippen LogP contribution in [0.4, 0.5) is 13.2 Å². The van der Waals surface area contributed by atoms with Crippen LogP contribution in [0.1, 0.15) is 31.7 Å². The van der Waals surface area contributed by atoms with Crippen molar-refractivity contribution < 1.29 is 23.1 Å². The average Bonchev–Trinajstić information content (AvgIpc) is 2.45. The lowest BCUT2D eigenvalue weighted by atomic mass is 9.76. The predicted octanol–water partition coefficient (Wildman–Crippen LogP) is 3.18. The molecule has 1 aromatic rings. The molecule has 6 heteroatoms. The zero-order valence-corrected chi connectivity index (χ0v) is 11.8. The molecule has 1 saturated heterocycles. The first-order chi connectivity index (χ1) is 9.88. The zero-order chi connectivity index (χ0) is 15.6. The summed E-state index contributed by atoms with van der Waals surface area (Å²) >= 11 is 0. The fraction of sp³-hybridized carbons (Fsp3) is 0.533. The molecule has 0 aromatic heterocycles. The normalized spacial score (nSPS) is 18.7. The minimum Gasteiger partial charge on any atom is -0.481 e. The Morgan fingerprint density at radius 2 is 1.76 bits per heavy atom. The summed E-state index contributed by atoms with van der Waals surface area (Å²) in [5, 5.41) is 9.31. The Labute approximate surface area is 121 Å². The van der Waals surface area contributed by atoms with E-state index in [1.165, 1.54) is 0 Å². The third kappa shape index (κ3) is 3.20. The van der Waals surface area contributed by atoms with Crippen molar-refractivity contribution in [3.63, 3.8) is 0 Å². The Hall–Kier alpha value is -1.56. The monoisotopic (exact) mass is 301 g/mol. The molecule has 1 aliphatic rings. The fourth-order valence-corrected chi connectivity index (χ4v) is 2.78. The van der Waals surface area contributed by atoms with Gasteiger partial charge in [-0.15, -0.1) is 0 Å². The highest BCUT2D eigenvalue weighted by Crippen LogP contribution is 2.35. The Balaban J connectivity index is 2.04. The van der Waals surface area contributed by atoms with E-state index in [1.54, 1.807) is 0 Å². The lowest BCUT2D eigenvalue weighted by molar-refractivity contribution is -0.152. The lowest BCUT2D eigenvalue weighted by Crippen LogP contribution is -2.43. The number of benzene rings is 1. The summed E-state index contributed by atoms with van der Waals surface area (Å²) in [4.78, 5) is 13.2. The molecule has 0 radical (unpaired) electrons. The number of aliphatic carboxylic acids is 1. The summed E-state index contributed by atoms with van der Waals surface area (Å²) in [5.41, 5.74) is -0.628. The summed E-state index contributed by atoms with van der Waals surface area (Å²) in [6.07, 6.45) is 1.50. The zero-order valence-electron chi connectivity index (χ0n) is 11.8.